The number of rotatable bonds is 7. The monoisotopic (exact) mass is 363 g/mol. The molecular weight excluding hydrogens is 337 g/mol. The number of hydrogen-bond donors (Lipinski definition) is 0. The maximum Gasteiger partial charge on any atom is 0.137 e. The van der Waals surface area contributed by atoms with Crippen molar-refractivity contribution in [1.29, 1.82) is 0 Å². The third-order valence-electron chi connectivity index (χ3n) is 3.87. The van der Waals surface area contributed by atoms with E-state index in [2.05, 4.69) is 39.8 Å². The molecule has 18 heavy (non-hydrogen) atoms. The highest BCUT2D eigenvalue weighted by atomic mass is 127. The molecule has 1 aromatic rings. The lowest BCUT2D eigenvalue weighted by Crippen LogP contribution is -3.00. The lowest BCUT2D eigenvalue weighted by Gasteiger charge is -2.35. The minimum atomic E-state index is 0. The summed E-state index contributed by atoms with van der Waals surface area (Å²) in [6, 6.07) is 8.29. The first kappa shape index (κ1) is 17.7. The normalized spacial score (nSPS) is 10.9. The second-order valence-corrected chi connectivity index (χ2v) is 4.68. The fourth-order valence-electron chi connectivity index (χ4n) is 2.14. The van der Waals surface area contributed by atoms with Crippen molar-refractivity contribution in [3.8, 4) is 5.75 Å². The Kier molecular flexibility index (Phi) is 8.61. The predicted molar refractivity (Wildman–Crippen MR) is 73.4 cm³/mol. The molecular formula is C15H26INO. The molecule has 0 atom stereocenters. The van der Waals surface area contributed by atoms with E-state index >= 15 is 0 Å². The molecule has 0 unspecified atom stereocenters. The molecule has 0 aromatic heterocycles. The van der Waals surface area contributed by atoms with Gasteiger partial charge in [-0.1, -0.05) is 17.7 Å². The summed E-state index contributed by atoms with van der Waals surface area (Å²) in [5.74, 6) is 0.983. The smallest absolute Gasteiger partial charge is 0.137 e. The van der Waals surface area contributed by atoms with E-state index in [0.29, 0.717) is 0 Å². The molecule has 0 amide bonds. The van der Waals surface area contributed by atoms with E-state index in [1.807, 2.05) is 12.1 Å². The molecule has 1 aromatic carbocycles. The van der Waals surface area contributed by atoms with Crippen LogP contribution in [0.4, 0.5) is 0 Å². The Labute approximate surface area is 129 Å². The summed E-state index contributed by atoms with van der Waals surface area (Å²) in [6.45, 7) is 14.3. The number of likely N-dealkylation sites (N-methyl/N-ethyl adjacent to an activating group) is 1. The third kappa shape index (κ3) is 5.14. The van der Waals surface area contributed by atoms with Crippen LogP contribution in [0.3, 0.4) is 0 Å². The van der Waals surface area contributed by atoms with E-state index in [1.54, 1.807) is 0 Å². The van der Waals surface area contributed by atoms with Gasteiger partial charge in [0.05, 0.1) is 19.6 Å². The molecule has 0 spiro atoms. The molecule has 2 nitrogen and oxygen atoms in total. The topological polar surface area (TPSA) is 9.23 Å². The van der Waals surface area contributed by atoms with Crippen LogP contribution in [0.2, 0.25) is 0 Å². The Morgan fingerprint density at radius 2 is 1.44 bits per heavy atom. The molecule has 1 rings (SSSR count). The van der Waals surface area contributed by atoms with Gasteiger partial charge in [0.25, 0.3) is 0 Å². The van der Waals surface area contributed by atoms with Crippen molar-refractivity contribution in [1.82, 2.24) is 0 Å². The summed E-state index contributed by atoms with van der Waals surface area (Å²) in [7, 11) is 0. The molecule has 0 fully saturated rings. The number of benzene rings is 1. The van der Waals surface area contributed by atoms with Gasteiger partial charge in [-0.25, -0.2) is 0 Å². The van der Waals surface area contributed by atoms with E-state index < -0.39 is 0 Å². The molecule has 0 bridgehead atoms. The molecule has 0 aliphatic carbocycles. The Morgan fingerprint density at radius 3 is 1.89 bits per heavy atom. The van der Waals surface area contributed by atoms with Crippen molar-refractivity contribution in [3.05, 3.63) is 29.8 Å². The van der Waals surface area contributed by atoms with Crippen LogP contribution < -0.4 is 28.7 Å². The predicted octanol–water partition coefficient (Wildman–Crippen LogP) is 0.254. The van der Waals surface area contributed by atoms with Crippen molar-refractivity contribution in [2.75, 3.05) is 32.8 Å². The zero-order valence-electron chi connectivity index (χ0n) is 12.1. The highest BCUT2D eigenvalue weighted by Gasteiger charge is 2.20. The van der Waals surface area contributed by atoms with Crippen LogP contribution in [0.1, 0.15) is 26.3 Å². The van der Waals surface area contributed by atoms with Crippen LogP contribution in [0.5, 0.6) is 5.75 Å². The Balaban J connectivity index is 0.00000289. The molecule has 0 radical (unpaired) electrons. The van der Waals surface area contributed by atoms with Crippen molar-refractivity contribution >= 4 is 0 Å². The van der Waals surface area contributed by atoms with Crippen molar-refractivity contribution < 1.29 is 33.2 Å². The van der Waals surface area contributed by atoms with Gasteiger partial charge in [0.15, 0.2) is 0 Å². The standard InChI is InChI=1S/C15H26NO.HI/c1-5-16(6-2,7-3)12-13-17-15-10-8-14(4)9-11-15;/h8-11H,5-7,12-13H2,1-4H3;1H/q+1;/p-1. The minimum absolute atomic E-state index is 0. The summed E-state index contributed by atoms with van der Waals surface area (Å²) in [6.07, 6.45) is 0. The first-order valence-electron chi connectivity index (χ1n) is 6.70. The zero-order valence-corrected chi connectivity index (χ0v) is 14.2. The number of halogens is 1. The summed E-state index contributed by atoms with van der Waals surface area (Å²) in [4.78, 5) is 0. The van der Waals surface area contributed by atoms with Crippen molar-refractivity contribution in [3.63, 3.8) is 0 Å². The maximum absolute atomic E-state index is 5.81. The summed E-state index contributed by atoms with van der Waals surface area (Å²) >= 11 is 0. The highest BCUT2D eigenvalue weighted by molar-refractivity contribution is 5.26. The Morgan fingerprint density at radius 1 is 0.944 bits per heavy atom. The molecule has 0 N–H and O–H groups in total. The van der Waals surface area contributed by atoms with Gasteiger partial charge in [-0.15, -0.1) is 0 Å². The van der Waals surface area contributed by atoms with Gasteiger partial charge >= 0.3 is 0 Å². The largest absolute Gasteiger partial charge is 1.00 e. The molecule has 3 heteroatoms. The highest BCUT2D eigenvalue weighted by Crippen LogP contribution is 2.12. The minimum Gasteiger partial charge on any atom is -1.00 e. The van der Waals surface area contributed by atoms with Gasteiger partial charge in [0.1, 0.15) is 18.9 Å². The van der Waals surface area contributed by atoms with Crippen molar-refractivity contribution in [2.45, 2.75) is 27.7 Å². The summed E-state index contributed by atoms with van der Waals surface area (Å²) in [5.41, 5.74) is 1.28. The second-order valence-electron chi connectivity index (χ2n) is 4.68. The van der Waals surface area contributed by atoms with E-state index in [-0.39, 0.29) is 24.0 Å². The quantitative estimate of drug-likeness (QED) is 0.499. The first-order valence-corrected chi connectivity index (χ1v) is 6.70. The van der Waals surface area contributed by atoms with Gasteiger partial charge in [0, 0.05) is 0 Å². The average molecular weight is 363 g/mol. The zero-order chi connectivity index (χ0) is 12.7. The SMILES string of the molecule is CC[N+](CC)(CC)CCOc1ccc(C)cc1.[I-]. The van der Waals surface area contributed by atoms with Crippen LogP contribution in [-0.2, 0) is 0 Å². The van der Waals surface area contributed by atoms with Gasteiger partial charge < -0.3 is 33.2 Å². The third-order valence-corrected chi connectivity index (χ3v) is 3.87. The second kappa shape index (κ2) is 8.75. The van der Waals surface area contributed by atoms with E-state index in [4.69, 9.17) is 4.74 Å². The van der Waals surface area contributed by atoms with Gasteiger partial charge in [-0.2, -0.15) is 0 Å². The van der Waals surface area contributed by atoms with Crippen LogP contribution in [-0.4, -0.2) is 37.3 Å². The van der Waals surface area contributed by atoms with E-state index in [9.17, 15) is 0 Å². The summed E-state index contributed by atoms with van der Waals surface area (Å²) < 4.78 is 6.95. The fourth-order valence-corrected chi connectivity index (χ4v) is 2.14. The summed E-state index contributed by atoms with van der Waals surface area (Å²) in [5, 5.41) is 0. The van der Waals surface area contributed by atoms with Gasteiger partial charge in [-0.05, 0) is 39.8 Å². The average Bonchev–Trinajstić information content (AvgIpc) is 2.38. The van der Waals surface area contributed by atoms with Crippen LogP contribution >= 0.6 is 0 Å². The Bertz CT molecular complexity index is 312. The molecule has 0 aliphatic heterocycles. The lowest BCUT2D eigenvalue weighted by molar-refractivity contribution is -0.923. The number of hydrogen-bond acceptors (Lipinski definition) is 1. The first-order chi connectivity index (χ1) is 8.15. The molecule has 0 aliphatic rings. The lowest BCUT2D eigenvalue weighted by atomic mass is 10.2. The number of quaternary nitrogens is 1. The molecule has 0 heterocycles. The number of ether oxygens (including phenoxy) is 1. The van der Waals surface area contributed by atoms with Gasteiger partial charge in [-0.3, -0.25) is 0 Å². The van der Waals surface area contributed by atoms with Crippen molar-refractivity contribution in [2.24, 2.45) is 0 Å². The number of aryl methyl sites for hydroxylation is 1. The molecule has 104 valence electrons. The Hall–Kier alpha value is -0.290. The maximum atomic E-state index is 5.81. The number of nitrogens with zero attached hydrogens (tertiary/aromatic N) is 1. The fraction of sp³-hybridized carbons (Fsp3) is 0.600. The van der Waals surface area contributed by atoms with Crippen LogP contribution in [0.25, 0.3) is 0 Å². The molecule has 0 saturated carbocycles. The van der Waals surface area contributed by atoms with Crippen LogP contribution in [0.15, 0.2) is 24.3 Å². The molecule has 0 saturated heterocycles. The van der Waals surface area contributed by atoms with E-state index in [0.717, 1.165) is 23.4 Å². The van der Waals surface area contributed by atoms with Gasteiger partial charge in [0.2, 0.25) is 0 Å². The van der Waals surface area contributed by atoms with E-state index in [1.165, 1.54) is 25.2 Å². The van der Waals surface area contributed by atoms with Crippen LogP contribution in [0, 0.1) is 6.92 Å².